The fourth-order valence-corrected chi connectivity index (χ4v) is 2.70. The average molecular weight is 320 g/mol. The van der Waals surface area contributed by atoms with Gasteiger partial charge in [-0.25, -0.2) is 4.68 Å². The van der Waals surface area contributed by atoms with Crippen LogP contribution in [-0.4, -0.2) is 25.0 Å². The van der Waals surface area contributed by atoms with Crippen LogP contribution in [-0.2, 0) is 6.42 Å². The van der Waals surface area contributed by atoms with Crippen molar-refractivity contribution in [2.45, 2.75) is 37.1 Å². The number of hydrogen-bond acceptors (Lipinski definition) is 8. The van der Waals surface area contributed by atoms with Crippen LogP contribution in [0.15, 0.2) is 32.5 Å². The van der Waals surface area contributed by atoms with Crippen molar-refractivity contribution >= 4 is 11.8 Å². The normalized spacial score (nSPS) is 12.6. The maximum Gasteiger partial charge on any atom is 0.239 e. The van der Waals surface area contributed by atoms with Crippen LogP contribution in [0, 0.1) is 0 Å². The molecule has 0 amide bonds. The Balaban J connectivity index is 1.75. The van der Waals surface area contributed by atoms with Crippen LogP contribution in [0.2, 0.25) is 0 Å². The van der Waals surface area contributed by atoms with Gasteiger partial charge in [0, 0.05) is 6.42 Å². The van der Waals surface area contributed by atoms with Crippen LogP contribution >= 0.6 is 11.8 Å². The Kier molecular flexibility index (Phi) is 4.14. The van der Waals surface area contributed by atoms with E-state index in [0.29, 0.717) is 22.6 Å². The van der Waals surface area contributed by atoms with Crippen molar-refractivity contribution in [3.05, 3.63) is 30.1 Å². The van der Waals surface area contributed by atoms with Gasteiger partial charge in [0.05, 0.1) is 11.5 Å². The molecule has 1 atom stereocenters. The maximum absolute atomic E-state index is 6.02. The van der Waals surface area contributed by atoms with Gasteiger partial charge in [-0.15, -0.1) is 10.2 Å². The van der Waals surface area contributed by atoms with Gasteiger partial charge in [-0.3, -0.25) is 0 Å². The standard InChI is InChI=1S/C13H16N6O2S/c1-3-5-10-15-12(21-18-10)8(2)22-13-17-16-11(19(13)14)9-6-4-7-20-9/h4,6-8H,3,5,14H2,1-2H3. The van der Waals surface area contributed by atoms with Gasteiger partial charge in [0.25, 0.3) is 0 Å². The smallest absolute Gasteiger partial charge is 0.239 e. The molecular formula is C13H16N6O2S. The van der Waals surface area contributed by atoms with Crippen molar-refractivity contribution < 1.29 is 8.94 Å². The number of rotatable bonds is 6. The summed E-state index contributed by atoms with van der Waals surface area (Å²) in [6.07, 6.45) is 3.34. The lowest BCUT2D eigenvalue weighted by molar-refractivity contribution is 0.374. The molecule has 116 valence electrons. The lowest BCUT2D eigenvalue weighted by atomic mass is 10.3. The molecule has 1 unspecified atom stereocenters. The first-order valence-electron chi connectivity index (χ1n) is 6.92. The van der Waals surface area contributed by atoms with Gasteiger partial charge in [-0.05, 0) is 25.5 Å². The fourth-order valence-electron chi connectivity index (χ4n) is 1.90. The van der Waals surface area contributed by atoms with E-state index in [2.05, 4.69) is 27.3 Å². The molecule has 22 heavy (non-hydrogen) atoms. The molecule has 3 aromatic heterocycles. The second-order valence-electron chi connectivity index (χ2n) is 4.71. The van der Waals surface area contributed by atoms with Crippen LogP contribution in [0.5, 0.6) is 0 Å². The van der Waals surface area contributed by atoms with Crippen LogP contribution in [0.3, 0.4) is 0 Å². The van der Waals surface area contributed by atoms with E-state index in [0.717, 1.165) is 18.7 Å². The maximum atomic E-state index is 6.02. The van der Waals surface area contributed by atoms with Gasteiger partial charge in [0.2, 0.25) is 16.9 Å². The number of nitrogens with zero attached hydrogens (tertiary/aromatic N) is 5. The minimum absolute atomic E-state index is 0.0749. The SMILES string of the molecule is CCCc1noc(C(C)Sc2nnc(-c3ccco3)n2N)n1. The van der Waals surface area contributed by atoms with E-state index in [1.165, 1.54) is 16.4 Å². The molecule has 0 aliphatic heterocycles. The predicted octanol–water partition coefficient (Wildman–Crippen LogP) is 2.44. The summed E-state index contributed by atoms with van der Waals surface area (Å²) in [4.78, 5) is 4.37. The van der Waals surface area contributed by atoms with Crippen LogP contribution in [0.25, 0.3) is 11.6 Å². The van der Waals surface area contributed by atoms with Gasteiger partial charge in [-0.1, -0.05) is 23.8 Å². The topological polar surface area (TPSA) is 109 Å². The third-order valence-electron chi connectivity index (χ3n) is 2.99. The van der Waals surface area contributed by atoms with Crippen LogP contribution in [0.1, 0.15) is 37.2 Å². The molecule has 2 N–H and O–H groups in total. The highest BCUT2D eigenvalue weighted by atomic mass is 32.2. The number of aryl methyl sites for hydroxylation is 1. The summed E-state index contributed by atoms with van der Waals surface area (Å²) in [7, 11) is 0. The number of aromatic nitrogens is 5. The Bertz CT molecular complexity index is 736. The van der Waals surface area contributed by atoms with Gasteiger partial charge >= 0.3 is 0 Å². The molecular weight excluding hydrogens is 304 g/mol. The molecule has 0 radical (unpaired) electrons. The van der Waals surface area contributed by atoms with Crippen molar-refractivity contribution in [2.75, 3.05) is 5.84 Å². The highest BCUT2D eigenvalue weighted by Gasteiger charge is 2.21. The monoisotopic (exact) mass is 320 g/mol. The molecule has 0 saturated heterocycles. The van der Waals surface area contributed by atoms with Crippen LogP contribution < -0.4 is 5.84 Å². The van der Waals surface area contributed by atoms with E-state index in [4.69, 9.17) is 14.8 Å². The van der Waals surface area contributed by atoms with Crippen molar-refractivity contribution in [3.8, 4) is 11.6 Å². The Labute approximate surface area is 131 Å². The number of thioether (sulfide) groups is 1. The fraction of sp³-hybridized carbons (Fsp3) is 0.385. The molecule has 9 heteroatoms. The molecule has 3 aromatic rings. The van der Waals surface area contributed by atoms with E-state index in [1.54, 1.807) is 18.4 Å². The number of hydrogen-bond donors (Lipinski definition) is 1. The highest BCUT2D eigenvalue weighted by molar-refractivity contribution is 7.99. The molecule has 0 spiro atoms. The summed E-state index contributed by atoms with van der Waals surface area (Å²) >= 11 is 1.40. The lowest BCUT2D eigenvalue weighted by Crippen LogP contribution is -2.11. The zero-order valence-electron chi connectivity index (χ0n) is 12.3. The van der Waals surface area contributed by atoms with E-state index >= 15 is 0 Å². The molecule has 0 aromatic carbocycles. The summed E-state index contributed by atoms with van der Waals surface area (Å²) in [6, 6.07) is 3.55. The molecule has 8 nitrogen and oxygen atoms in total. The van der Waals surface area contributed by atoms with Gasteiger partial charge < -0.3 is 14.8 Å². The zero-order valence-corrected chi connectivity index (χ0v) is 13.1. The summed E-state index contributed by atoms with van der Waals surface area (Å²) in [5.41, 5.74) is 0. The molecule has 3 rings (SSSR count). The number of furan rings is 1. The Hall–Kier alpha value is -2.29. The summed E-state index contributed by atoms with van der Waals surface area (Å²) in [5, 5.41) is 12.6. The van der Waals surface area contributed by atoms with E-state index in [1.807, 2.05) is 6.92 Å². The summed E-state index contributed by atoms with van der Waals surface area (Å²) in [6.45, 7) is 4.02. The second kappa shape index (κ2) is 6.22. The molecule has 0 saturated carbocycles. The van der Waals surface area contributed by atoms with Gasteiger partial charge in [-0.2, -0.15) is 4.98 Å². The van der Waals surface area contributed by atoms with E-state index in [9.17, 15) is 0 Å². The third-order valence-corrected chi connectivity index (χ3v) is 4.04. The van der Waals surface area contributed by atoms with Crippen molar-refractivity contribution in [2.24, 2.45) is 0 Å². The first-order valence-corrected chi connectivity index (χ1v) is 7.80. The zero-order chi connectivity index (χ0) is 15.5. The van der Waals surface area contributed by atoms with E-state index < -0.39 is 0 Å². The summed E-state index contributed by atoms with van der Waals surface area (Å²) in [5.74, 6) is 8.32. The van der Waals surface area contributed by atoms with Crippen molar-refractivity contribution in [1.29, 1.82) is 0 Å². The minimum atomic E-state index is -0.0749. The molecule has 0 fully saturated rings. The molecule has 0 bridgehead atoms. The highest BCUT2D eigenvalue weighted by Crippen LogP contribution is 2.33. The Morgan fingerprint density at radius 1 is 1.41 bits per heavy atom. The quantitative estimate of drug-likeness (QED) is 0.545. The van der Waals surface area contributed by atoms with Gasteiger partial charge in [0.15, 0.2) is 11.6 Å². The lowest BCUT2D eigenvalue weighted by Gasteiger charge is -2.05. The number of nitrogen functional groups attached to an aromatic ring is 1. The van der Waals surface area contributed by atoms with E-state index in [-0.39, 0.29) is 5.25 Å². The first kappa shape index (κ1) is 14.6. The third kappa shape index (κ3) is 2.84. The predicted molar refractivity (Wildman–Crippen MR) is 80.4 cm³/mol. The Morgan fingerprint density at radius 3 is 3.00 bits per heavy atom. The molecule has 0 aliphatic rings. The molecule has 0 aliphatic carbocycles. The largest absolute Gasteiger partial charge is 0.461 e. The van der Waals surface area contributed by atoms with Crippen LogP contribution in [0.4, 0.5) is 0 Å². The van der Waals surface area contributed by atoms with Gasteiger partial charge in [0.1, 0.15) is 0 Å². The average Bonchev–Trinajstić information content (AvgIpc) is 3.21. The summed E-state index contributed by atoms with van der Waals surface area (Å²) < 4.78 is 11.9. The second-order valence-corrected chi connectivity index (χ2v) is 6.02. The molecule has 3 heterocycles. The number of nitrogens with two attached hydrogens (primary N) is 1. The Morgan fingerprint density at radius 2 is 2.27 bits per heavy atom. The van der Waals surface area contributed by atoms with Crippen molar-refractivity contribution in [1.82, 2.24) is 25.0 Å². The first-order chi connectivity index (χ1) is 10.7. The minimum Gasteiger partial charge on any atom is -0.461 e. The van der Waals surface area contributed by atoms with Crippen molar-refractivity contribution in [3.63, 3.8) is 0 Å².